The maximum absolute atomic E-state index is 13.8. The fraction of sp³-hybridized carbons (Fsp3) is 0.476. The Morgan fingerprint density at radius 1 is 1.10 bits per heavy atom. The van der Waals surface area contributed by atoms with Crippen LogP contribution in [0.1, 0.15) is 45.2 Å². The predicted octanol–water partition coefficient (Wildman–Crippen LogP) is 1.68. The maximum atomic E-state index is 13.8. The highest BCUT2D eigenvalue weighted by atomic mass is 19.1. The highest BCUT2D eigenvalue weighted by Gasteiger charge is 2.30. The van der Waals surface area contributed by atoms with Gasteiger partial charge in [-0.1, -0.05) is 18.2 Å². The first-order valence-corrected chi connectivity index (χ1v) is 10.1. The molecule has 0 saturated carbocycles. The molecule has 1 fully saturated rings. The van der Waals surface area contributed by atoms with Crippen LogP contribution in [0.3, 0.4) is 0 Å². The Hall–Kier alpha value is -2.74. The second-order valence-electron chi connectivity index (χ2n) is 7.71. The van der Waals surface area contributed by atoms with Crippen molar-refractivity contribution in [1.82, 2.24) is 24.7 Å². The second kappa shape index (κ2) is 8.32. The Morgan fingerprint density at radius 2 is 1.86 bits per heavy atom. The van der Waals surface area contributed by atoms with Crippen LogP contribution < -0.4 is 5.32 Å². The average molecular weight is 399 g/mol. The summed E-state index contributed by atoms with van der Waals surface area (Å²) >= 11 is 0. The van der Waals surface area contributed by atoms with E-state index in [4.69, 9.17) is 0 Å². The van der Waals surface area contributed by atoms with Gasteiger partial charge in [-0.15, -0.1) is 0 Å². The summed E-state index contributed by atoms with van der Waals surface area (Å²) in [7, 11) is 2.04. The van der Waals surface area contributed by atoms with E-state index in [9.17, 15) is 14.0 Å². The van der Waals surface area contributed by atoms with Crippen molar-refractivity contribution in [2.45, 2.75) is 32.4 Å². The van der Waals surface area contributed by atoms with Crippen molar-refractivity contribution in [3.05, 3.63) is 52.9 Å². The number of nitrogens with zero attached hydrogens (tertiary/aromatic N) is 4. The lowest BCUT2D eigenvalue weighted by Crippen LogP contribution is -2.47. The van der Waals surface area contributed by atoms with Crippen molar-refractivity contribution in [1.29, 1.82) is 0 Å². The number of imidazole rings is 1. The van der Waals surface area contributed by atoms with Crippen LogP contribution in [0.5, 0.6) is 0 Å². The van der Waals surface area contributed by atoms with Gasteiger partial charge in [0.05, 0.1) is 5.69 Å². The number of nitrogens with one attached hydrogen (secondary N) is 1. The number of likely N-dealkylation sites (N-methyl/N-ethyl adjacent to an activating group) is 1. The molecule has 154 valence electrons. The molecule has 0 aliphatic carbocycles. The normalized spacial score (nSPS) is 17.1. The molecule has 0 atom stereocenters. The zero-order chi connectivity index (χ0) is 20.4. The van der Waals surface area contributed by atoms with E-state index in [-0.39, 0.29) is 24.2 Å². The van der Waals surface area contributed by atoms with E-state index in [2.05, 4.69) is 15.2 Å². The first kappa shape index (κ1) is 19.6. The molecule has 8 heteroatoms. The van der Waals surface area contributed by atoms with Crippen LogP contribution >= 0.6 is 0 Å². The van der Waals surface area contributed by atoms with Gasteiger partial charge in [0, 0.05) is 44.8 Å². The Bertz CT molecular complexity index is 918. The summed E-state index contributed by atoms with van der Waals surface area (Å²) in [5.74, 6) is -0.489. The highest BCUT2D eigenvalue weighted by Crippen LogP contribution is 2.22. The molecule has 2 aliphatic heterocycles. The number of piperazine rings is 1. The molecule has 0 unspecified atom stereocenters. The quantitative estimate of drug-likeness (QED) is 0.849. The summed E-state index contributed by atoms with van der Waals surface area (Å²) < 4.78 is 15.7. The first-order valence-electron chi connectivity index (χ1n) is 10.1. The molecule has 7 nitrogen and oxygen atoms in total. The molecule has 1 aromatic carbocycles. The minimum Gasteiger partial charge on any atom is -0.346 e. The molecule has 3 heterocycles. The Kier molecular flexibility index (Phi) is 5.62. The van der Waals surface area contributed by atoms with Gasteiger partial charge in [-0.25, -0.2) is 9.37 Å². The number of rotatable bonds is 4. The summed E-state index contributed by atoms with van der Waals surface area (Å²) in [6.07, 6.45) is 2.63. The summed E-state index contributed by atoms with van der Waals surface area (Å²) in [6, 6.07) is 6.35. The van der Waals surface area contributed by atoms with Crippen molar-refractivity contribution in [2.75, 3.05) is 33.2 Å². The topological polar surface area (TPSA) is 70.5 Å². The minimum atomic E-state index is -0.365. The fourth-order valence-corrected chi connectivity index (χ4v) is 3.94. The number of aromatic nitrogens is 2. The largest absolute Gasteiger partial charge is 0.346 e. The lowest BCUT2D eigenvalue weighted by Gasteiger charge is -2.32. The molecule has 2 aromatic rings. The van der Waals surface area contributed by atoms with Crippen LogP contribution in [0.2, 0.25) is 0 Å². The molecule has 1 aromatic heterocycles. The van der Waals surface area contributed by atoms with Crippen molar-refractivity contribution < 1.29 is 14.0 Å². The van der Waals surface area contributed by atoms with Gasteiger partial charge in [0.2, 0.25) is 0 Å². The minimum absolute atomic E-state index is 0.0829. The van der Waals surface area contributed by atoms with Crippen LogP contribution in [0, 0.1) is 5.82 Å². The van der Waals surface area contributed by atoms with Gasteiger partial charge in [0.1, 0.15) is 11.5 Å². The third kappa shape index (κ3) is 4.03. The molecule has 1 N–H and O–H groups in total. The number of amides is 2. The molecular weight excluding hydrogens is 373 g/mol. The van der Waals surface area contributed by atoms with Crippen LogP contribution in [0.4, 0.5) is 4.39 Å². The summed E-state index contributed by atoms with van der Waals surface area (Å²) in [4.78, 5) is 34.4. The number of fused-ring (bicyclic) bond motifs is 1. The summed E-state index contributed by atoms with van der Waals surface area (Å²) in [5, 5.41) is 2.76. The van der Waals surface area contributed by atoms with E-state index in [1.54, 1.807) is 18.2 Å². The number of hydrogen-bond acceptors (Lipinski definition) is 4. The zero-order valence-corrected chi connectivity index (χ0v) is 16.7. The first-order chi connectivity index (χ1) is 14.0. The monoisotopic (exact) mass is 399 g/mol. The van der Waals surface area contributed by atoms with Crippen molar-refractivity contribution >= 4 is 11.8 Å². The number of hydrogen-bond donors (Lipinski definition) is 1. The van der Waals surface area contributed by atoms with Crippen molar-refractivity contribution in [3.8, 4) is 0 Å². The molecule has 4 rings (SSSR count). The molecule has 0 bridgehead atoms. The molecule has 1 saturated heterocycles. The second-order valence-corrected chi connectivity index (χ2v) is 7.71. The Balaban J connectivity index is 1.55. The van der Waals surface area contributed by atoms with E-state index < -0.39 is 0 Å². The van der Waals surface area contributed by atoms with Gasteiger partial charge in [0.25, 0.3) is 11.8 Å². The van der Waals surface area contributed by atoms with Crippen molar-refractivity contribution in [2.24, 2.45) is 0 Å². The standard InChI is InChI=1S/C21H26FN5O2/c1-25-10-12-26(13-11-25)21(29)19-24-18(17-8-4-5-9-27(17)19)20(28)23-14-15-6-2-3-7-16(15)22/h2-3,6-7H,4-5,8-14H2,1H3,(H,23,28). The third-order valence-electron chi connectivity index (χ3n) is 5.71. The van der Waals surface area contributed by atoms with Gasteiger partial charge in [-0.05, 0) is 32.4 Å². The fourth-order valence-electron chi connectivity index (χ4n) is 3.94. The molecule has 29 heavy (non-hydrogen) atoms. The summed E-state index contributed by atoms with van der Waals surface area (Å²) in [6.45, 7) is 3.75. The Morgan fingerprint density at radius 3 is 2.62 bits per heavy atom. The third-order valence-corrected chi connectivity index (χ3v) is 5.71. The van der Waals surface area contributed by atoms with Gasteiger partial charge < -0.3 is 19.7 Å². The SMILES string of the molecule is CN1CCN(C(=O)c2nc(C(=O)NCc3ccccc3F)c3n2CCCC3)CC1. The lowest BCUT2D eigenvalue weighted by atomic mass is 10.1. The van der Waals surface area contributed by atoms with E-state index in [0.717, 1.165) is 31.6 Å². The van der Waals surface area contributed by atoms with Crippen LogP contribution in [0.25, 0.3) is 0 Å². The zero-order valence-electron chi connectivity index (χ0n) is 16.7. The van der Waals surface area contributed by atoms with E-state index in [1.807, 2.05) is 16.5 Å². The van der Waals surface area contributed by atoms with E-state index in [1.165, 1.54) is 6.07 Å². The molecule has 2 aliphatic rings. The van der Waals surface area contributed by atoms with E-state index >= 15 is 0 Å². The number of halogens is 1. The smallest absolute Gasteiger partial charge is 0.289 e. The van der Waals surface area contributed by atoms with Gasteiger partial charge in [0.15, 0.2) is 5.82 Å². The van der Waals surface area contributed by atoms with Gasteiger partial charge >= 0.3 is 0 Å². The lowest BCUT2D eigenvalue weighted by molar-refractivity contribution is 0.0645. The van der Waals surface area contributed by atoms with Crippen molar-refractivity contribution in [3.63, 3.8) is 0 Å². The van der Waals surface area contributed by atoms with Crippen LogP contribution in [0.15, 0.2) is 24.3 Å². The predicted molar refractivity (Wildman–Crippen MR) is 106 cm³/mol. The number of carbonyl (C=O) groups excluding carboxylic acids is 2. The number of carbonyl (C=O) groups is 2. The average Bonchev–Trinajstić information content (AvgIpc) is 3.13. The molecule has 0 radical (unpaired) electrons. The molecule has 2 amide bonds. The molecular formula is C21H26FN5O2. The molecule has 0 spiro atoms. The van der Waals surface area contributed by atoms with Crippen LogP contribution in [-0.2, 0) is 19.5 Å². The van der Waals surface area contributed by atoms with Crippen LogP contribution in [-0.4, -0.2) is 64.4 Å². The highest BCUT2D eigenvalue weighted by molar-refractivity contribution is 5.97. The maximum Gasteiger partial charge on any atom is 0.289 e. The van der Waals surface area contributed by atoms with E-state index in [0.29, 0.717) is 43.1 Å². The Labute approximate surface area is 169 Å². The van der Waals surface area contributed by atoms with Gasteiger partial charge in [-0.2, -0.15) is 0 Å². The van der Waals surface area contributed by atoms with Gasteiger partial charge in [-0.3, -0.25) is 9.59 Å². The summed E-state index contributed by atoms with van der Waals surface area (Å²) in [5.41, 5.74) is 1.51. The number of benzene rings is 1.